The van der Waals surface area contributed by atoms with Crippen molar-refractivity contribution in [3.8, 4) is 0 Å². The summed E-state index contributed by atoms with van der Waals surface area (Å²) >= 11 is 1.68. The fourth-order valence-electron chi connectivity index (χ4n) is 3.13. The molecule has 1 aromatic heterocycles. The minimum Gasteiger partial charge on any atom is -0.375 e. The number of fused-ring (bicyclic) bond motifs is 1. The van der Waals surface area contributed by atoms with Crippen LogP contribution in [0.1, 0.15) is 44.7 Å². The van der Waals surface area contributed by atoms with Crippen LogP contribution in [0.2, 0.25) is 0 Å². The van der Waals surface area contributed by atoms with Crippen LogP contribution in [0.5, 0.6) is 0 Å². The van der Waals surface area contributed by atoms with Crippen molar-refractivity contribution in [2.45, 2.75) is 46.0 Å². The Morgan fingerprint density at radius 1 is 1.27 bits per heavy atom. The lowest BCUT2D eigenvalue weighted by atomic mass is 9.67. The zero-order valence-electron chi connectivity index (χ0n) is 10.0. The summed E-state index contributed by atoms with van der Waals surface area (Å²) < 4.78 is 0. The van der Waals surface area contributed by atoms with Crippen molar-refractivity contribution in [3.05, 3.63) is 10.6 Å². The molecule has 2 N–H and O–H groups in total. The molecule has 1 aromatic rings. The largest absolute Gasteiger partial charge is 0.375 e. The third-order valence-electron chi connectivity index (χ3n) is 3.98. The standard InChI is InChI=1S/C12H20N2S/c1-7(2)12(8(3)4)6-5-9-10(12)14-11(13)15-9/h7-8H,5-6H2,1-4H3,(H2,13,14). The lowest BCUT2D eigenvalue weighted by Gasteiger charge is -2.37. The van der Waals surface area contributed by atoms with Gasteiger partial charge in [-0.1, -0.05) is 27.7 Å². The Kier molecular flexibility index (Phi) is 2.53. The van der Waals surface area contributed by atoms with Crippen LogP contribution in [-0.2, 0) is 11.8 Å². The van der Waals surface area contributed by atoms with E-state index in [-0.39, 0.29) is 5.41 Å². The molecule has 2 rings (SSSR count). The van der Waals surface area contributed by atoms with E-state index in [4.69, 9.17) is 5.73 Å². The minimum absolute atomic E-state index is 0.267. The molecule has 15 heavy (non-hydrogen) atoms. The van der Waals surface area contributed by atoms with Gasteiger partial charge in [-0.3, -0.25) is 0 Å². The summed E-state index contributed by atoms with van der Waals surface area (Å²) in [6.45, 7) is 9.24. The van der Waals surface area contributed by atoms with E-state index >= 15 is 0 Å². The zero-order valence-corrected chi connectivity index (χ0v) is 10.8. The predicted octanol–water partition coefficient (Wildman–Crippen LogP) is 3.22. The molecule has 1 aliphatic carbocycles. The molecule has 0 radical (unpaired) electrons. The highest BCUT2D eigenvalue weighted by atomic mass is 32.1. The van der Waals surface area contributed by atoms with E-state index in [0.29, 0.717) is 11.8 Å². The number of aryl methyl sites for hydroxylation is 1. The van der Waals surface area contributed by atoms with Crippen LogP contribution in [0.3, 0.4) is 0 Å². The maximum atomic E-state index is 5.82. The molecule has 0 aromatic carbocycles. The summed E-state index contributed by atoms with van der Waals surface area (Å²) in [5.74, 6) is 1.28. The zero-order chi connectivity index (χ0) is 11.2. The van der Waals surface area contributed by atoms with Gasteiger partial charge < -0.3 is 5.73 Å². The third-order valence-corrected chi connectivity index (χ3v) is 4.93. The smallest absolute Gasteiger partial charge is 0.180 e. The van der Waals surface area contributed by atoms with E-state index in [1.54, 1.807) is 11.3 Å². The number of rotatable bonds is 2. The maximum Gasteiger partial charge on any atom is 0.180 e. The van der Waals surface area contributed by atoms with Crippen LogP contribution >= 0.6 is 11.3 Å². The molecule has 0 fully saturated rings. The number of aromatic nitrogens is 1. The highest BCUT2D eigenvalue weighted by molar-refractivity contribution is 7.15. The van der Waals surface area contributed by atoms with Gasteiger partial charge in [0, 0.05) is 10.3 Å². The number of hydrogen-bond donors (Lipinski definition) is 1. The average molecular weight is 224 g/mol. The van der Waals surface area contributed by atoms with E-state index in [1.165, 1.54) is 23.4 Å². The Morgan fingerprint density at radius 3 is 2.40 bits per heavy atom. The molecule has 0 bridgehead atoms. The van der Waals surface area contributed by atoms with E-state index < -0.39 is 0 Å². The van der Waals surface area contributed by atoms with Gasteiger partial charge in [-0.05, 0) is 24.7 Å². The van der Waals surface area contributed by atoms with Crippen molar-refractivity contribution in [2.75, 3.05) is 5.73 Å². The Balaban J connectivity index is 2.53. The van der Waals surface area contributed by atoms with Gasteiger partial charge in [-0.2, -0.15) is 0 Å². The molecule has 0 unspecified atom stereocenters. The van der Waals surface area contributed by atoms with Crippen molar-refractivity contribution in [1.29, 1.82) is 0 Å². The molecule has 0 atom stereocenters. The van der Waals surface area contributed by atoms with Crippen LogP contribution in [0.4, 0.5) is 5.13 Å². The maximum absolute atomic E-state index is 5.82. The summed E-state index contributed by atoms with van der Waals surface area (Å²) in [5.41, 5.74) is 7.39. The van der Waals surface area contributed by atoms with Gasteiger partial charge in [0.25, 0.3) is 0 Å². The highest BCUT2D eigenvalue weighted by Gasteiger charge is 2.46. The Morgan fingerprint density at radius 2 is 1.87 bits per heavy atom. The van der Waals surface area contributed by atoms with Gasteiger partial charge in [-0.25, -0.2) is 4.98 Å². The number of nitrogen functional groups attached to an aromatic ring is 1. The second-order valence-electron chi connectivity index (χ2n) is 5.17. The lowest BCUT2D eigenvalue weighted by molar-refractivity contribution is 0.213. The quantitative estimate of drug-likeness (QED) is 0.837. The first-order chi connectivity index (χ1) is 6.98. The topological polar surface area (TPSA) is 38.9 Å². The first kappa shape index (κ1) is 10.9. The van der Waals surface area contributed by atoms with Gasteiger partial charge in [0.15, 0.2) is 5.13 Å². The van der Waals surface area contributed by atoms with Crippen molar-refractivity contribution < 1.29 is 0 Å². The fourth-order valence-corrected chi connectivity index (χ4v) is 4.06. The van der Waals surface area contributed by atoms with Gasteiger partial charge in [0.2, 0.25) is 0 Å². The Hall–Kier alpha value is -0.570. The number of hydrogen-bond acceptors (Lipinski definition) is 3. The normalized spacial score (nSPS) is 18.8. The first-order valence-electron chi connectivity index (χ1n) is 5.74. The summed E-state index contributed by atoms with van der Waals surface area (Å²) in [5, 5.41) is 0.741. The van der Waals surface area contributed by atoms with Crippen LogP contribution < -0.4 is 5.73 Å². The molecule has 3 heteroatoms. The summed E-state index contributed by atoms with van der Waals surface area (Å²) in [6, 6.07) is 0. The molecule has 0 spiro atoms. The molecular weight excluding hydrogens is 204 g/mol. The monoisotopic (exact) mass is 224 g/mol. The fraction of sp³-hybridized carbons (Fsp3) is 0.750. The van der Waals surface area contributed by atoms with Crippen LogP contribution in [-0.4, -0.2) is 4.98 Å². The Bertz CT molecular complexity index is 358. The lowest BCUT2D eigenvalue weighted by Crippen LogP contribution is -2.36. The molecule has 84 valence electrons. The van der Waals surface area contributed by atoms with Crippen molar-refractivity contribution in [1.82, 2.24) is 4.98 Å². The highest BCUT2D eigenvalue weighted by Crippen LogP contribution is 2.50. The second-order valence-corrected chi connectivity index (χ2v) is 6.29. The van der Waals surface area contributed by atoms with Crippen LogP contribution in [0, 0.1) is 11.8 Å². The molecule has 0 aliphatic heterocycles. The predicted molar refractivity (Wildman–Crippen MR) is 66.2 cm³/mol. The summed E-state index contributed by atoms with van der Waals surface area (Å²) in [4.78, 5) is 6.01. The van der Waals surface area contributed by atoms with Crippen molar-refractivity contribution in [3.63, 3.8) is 0 Å². The van der Waals surface area contributed by atoms with Crippen LogP contribution in [0.15, 0.2) is 0 Å². The Labute approximate surface area is 95.9 Å². The van der Waals surface area contributed by atoms with E-state index in [2.05, 4.69) is 32.7 Å². The molecule has 2 nitrogen and oxygen atoms in total. The van der Waals surface area contributed by atoms with Crippen molar-refractivity contribution >= 4 is 16.5 Å². The molecule has 0 saturated carbocycles. The minimum atomic E-state index is 0.267. The molecule has 0 amide bonds. The van der Waals surface area contributed by atoms with E-state index in [0.717, 1.165) is 5.13 Å². The van der Waals surface area contributed by atoms with E-state index in [9.17, 15) is 0 Å². The molecule has 1 aliphatic rings. The van der Waals surface area contributed by atoms with Gasteiger partial charge >= 0.3 is 0 Å². The van der Waals surface area contributed by atoms with Gasteiger partial charge in [-0.15, -0.1) is 11.3 Å². The summed E-state index contributed by atoms with van der Waals surface area (Å²) in [7, 11) is 0. The summed E-state index contributed by atoms with van der Waals surface area (Å²) in [6.07, 6.45) is 2.41. The number of anilines is 1. The number of nitrogens with zero attached hydrogens (tertiary/aromatic N) is 1. The first-order valence-corrected chi connectivity index (χ1v) is 6.55. The SMILES string of the molecule is CC(C)C1(C(C)C)CCc2sc(N)nc21. The second kappa shape index (κ2) is 3.48. The third kappa shape index (κ3) is 1.40. The average Bonchev–Trinajstić information content (AvgIpc) is 2.60. The van der Waals surface area contributed by atoms with Crippen LogP contribution in [0.25, 0.3) is 0 Å². The molecule has 0 saturated heterocycles. The van der Waals surface area contributed by atoms with Crippen molar-refractivity contribution in [2.24, 2.45) is 11.8 Å². The van der Waals surface area contributed by atoms with Gasteiger partial charge in [0.1, 0.15) is 0 Å². The van der Waals surface area contributed by atoms with E-state index in [1.807, 2.05) is 0 Å². The number of nitrogens with two attached hydrogens (primary N) is 1. The molecule has 1 heterocycles. The molecular formula is C12H20N2S. The van der Waals surface area contributed by atoms with Gasteiger partial charge in [0.05, 0.1) is 5.69 Å². The number of thiazole rings is 1.